The molecule has 0 radical (unpaired) electrons. The van der Waals surface area contributed by atoms with Crippen molar-refractivity contribution in [2.45, 2.75) is 11.0 Å². The van der Waals surface area contributed by atoms with E-state index in [1.165, 1.54) is 16.4 Å². The van der Waals surface area contributed by atoms with Crippen molar-refractivity contribution in [2.24, 2.45) is 5.73 Å². The van der Waals surface area contributed by atoms with Crippen LogP contribution < -0.4 is 15.2 Å². The van der Waals surface area contributed by atoms with Gasteiger partial charge in [0.1, 0.15) is 13.2 Å². The van der Waals surface area contributed by atoms with Gasteiger partial charge in [-0.25, -0.2) is 8.42 Å². The lowest BCUT2D eigenvalue weighted by atomic mass is 10.3. The van der Waals surface area contributed by atoms with Gasteiger partial charge in [0.15, 0.2) is 11.5 Å². The van der Waals surface area contributed by atoms with Gasteiger partial charge in [-0.2, -0.15) is 4.31 Å². The molecule has 1 aromatic carbocycles. The van der Waals surface area contributed by atoms with Crippen molar-refractivity contribution >= 4 is 10.0 Å². The van der Waals surface area contributed by atoms with Gasteiger partial charge in [-0.15, -0.1) is 0 Å². The van der Waals surface area contributed by atoms with Crippen LogP contribution in [0, 0.1) is 0 Å². The minimum absolute atomic E-state index is 0.199. The molecule has 2 aliphatic heterocycles. The van der Waals surface area contributed by atoms with Crippen molar-refractivity contribution in [3.63, 3.8) is 0 Å². The third-order valence-corrected chi connectivity index (χ3v) is 5.38. The first kappa shape index (κ1) is 14.6. The van der Waals surface area contributed by atoms with Crippen LogP contribution in [0.15, 0.2) is 23.1 Å². The molecule has 0 aliphatic carbocycles. The van der Waals surface area contributed by atoms with E-state index < -0.39 is 10.0 Å². The summed E-state index contributed by atoms with van der Waals surface area (Å²) < 4.78 is 43.0. The van der Waals surface area contributed by atoms with E-state index in [4.69, 9.17) is 19.9 Å². The second-order valence-electron chi connectivity index (χ2n) is 4.90. The molecule has 1 saturated heterocycles. The van der Waals surface area contributed by atoms with Gasteiger partial charge in [0, 0.05) is 25.7 Å². The minimum Gasteiger partial charge on any atom is -0.486 e. The van der Waals surface area contributed by atoms with Crippen molar-refractivity contribution in [3.05, 3.63) is 18.2 Å². The van der Waals surface area contributed by atoms with Crippen LogP contribution in [-0.4, -0.2) is 58.3 Å². The van der Waals surface area contributed by atoms with Crippen LogP contribution in [0.25, 0.3) is 0 Å². The zero-order valence-electron chi connectivity index (χ0n) is 11.5. The summed E-state index contributed by atoms with van der Waals surface area (Å²) in [5.41, 5.74) is 5.56. The Morgan fingerprint density at radius 1 is 1.19 bits per heavy atom. The summed E-state index contributed by atoms with van der Waals surface area (Å²) in [5, 5.41) is 0. The van der Waals surface area contributed by atoms with Gasteiger partial charge in [0.2, 0.25) is 10.0 Å². The summed E-state index contributed by atoms with van der Waals surface area (Å²) >= 11 is 0. The number of nitrogens with two attached hydrogens (primary N) is 1. The number of nitrogens with zero attached hydrogens (tertiary/aromatic N) is 1. The van der Waals surface area contributed by atoms with E-state index in [1.54, 1.807) is 6.07 Å². The van der Waals surface area contributed by atoms with Crippen LogP contribution in [0.1, 0.15) is 0 Å². The SMILES string of the molecule is NCC1CN(S(=O)(=O)c2ccc3c(c2)OCCO3)CCO1. The molecule has 3 rings (SSSR count). The van der Waals surface area contributed by atoms with Gasteiger partial charge < -0.3 is 19.9 Å². The Morgan fingerprint density at radius 3 is 2.71 bits per heavy atom. The topological polar surface area (TPSA) is 91.1 Å². The lowest BCUT2D eigenvalue weighted by Gasteiger charge is -2.31. The molecule has 0 saturated carbocycles. The molecule has 0 bridgehead atoms. The molecule has 0 amide bonds. The molecule has 0 aromatic heterocycles. The Morgan fingerprint density at radius 2 is 1.95 bits per heavy atom. The monoisotopic (exact) mass is 314 g/mol. The molecule has 1 aromatic rings. The molecule has 1 unspecified atom stereocenters. The normalized spacial score (nSPS) is 23.0. The number of morpholine rings is 1. The van der Waals surface area contributed by atoms with Crippen LogP contribution in [0.5, 0.6) is 11.5 Å². The summed E-state index contributed by atoms with van der Waals surface area (Å²) in [6.45, 7) is 2.14. The summed E-state index contributed by atoms with van der Waals surface area (Å²) in [5.74, 6) is 1.04. The predicted molar refractivity (Wildman–Crippen MR) is 75.0 cm³/mol. The lowest BCUT2D eigenvalue weighted by molar-refractivity contribution is 0.00450. The largest absolute Gasteiger partial charge is 0.486 e. The average Bonchev–Trinajstić information content (AvgIpc) is 2.54. The van der Waals surface area contributed by atoms with E-state index >= 15 is 0 Å². The summed E-state index contributed by atoms with van der Waals surface area (Å²) in [6, 6.07) is 4.68. The van der Waals surface area contributed by atoms with E-state index in [9.17, 15) is 8.42 Å². The van der Waals surface area contributed by atoms with E-state index in [0.29, 0.717) is 44.4 Å². The molecule has 1 atom stereocenters. The summed E-state index contributed by atoms with van der Waals surface area (Å²) in [7, 11) is -3.58. The molecule has 116 valence electrons. The molecule has 21 heavy (non-hydrogen) atoms. The third kappa shape index (κ3) is 2.84. The van der Waals surface area contributed by atoms with E-state index in [-0.39, 0.29) is 17.5 Å². The van der Waals surface area contributed by atoms with E-state index in [1.807, 2.05) is 0 Å². The fourth-order valence-corrected chi connectivity index (χ4v) is 3.86. The van der Waals surface area contributed by atoms with Crippen LogP contribution in [0.4, 0.5) is 0 Å². The highest BCUT2D eigenvalue weighted by atomic mass is 32.2. The number of hydrogen-bond donors (Lipinski definition) is 1. The maximum Gasteiger partial charge on any atom is 0.243 e. The fourth-order valence-electron chi connectivity index (χ4n) is 2.39. The van der Waals surface area contributed by atoms with E-state index in [0.717, 1.165) is 0 Å². The van der Waals surface area contributed by atoms with Crippen molar-refractivity contribution in [1.82, 2.24) is 4.31 Å². The third-order valence-electron chi connectivity index (χ3n) is 3.52. The molecule has 2 aliphatic rings. The van der Waals surface area contributed by atoms with Gasteiger partial charge in [0.05, 0.1) is 17.6 Å². The standard InChI is InChI=1S/C13H18N2O5S/c14-8-10-9-15(3-4-18-10)21(16,17)11-1-2-12-13(7-11)20-6-5-19-12/h1-2,7,10H,3-6,8-9,14H2. The highest BCUT2D eigenvalue weighted by molar-refractivity contribution is 7.89. The van der Waals surface area contributed by atoms with Crippen molar-refractivity contribution in [3.8, 4) is 11.5 Å². The van der Waals surface area contributed by atoms with Gasteiger partial charge >= 0.3 is 0 Å². The second-order valence-corrected chi connectivity index (χ2v) is 6.83. The summed E-state index contributed by atoms with van der Waals surface area (Å²) in [4.78, 5) is 0.199. The molecular weight excluding hydrogens is 296 g/mol. The predicted octanol–water partition coefficient (Wildman–Crippen LogP) is -0.194. The van der Waals surface area contributed by atoms with Gasteiger partial charge in [-0.1, -0.05) is 0 Å². The van der Waals surface area contributed by atoms with E-state index in [2.05, 4.69) is 0 Å². The Labute approximate surface area is 123 Å². The first-order valence-electron chi connectivity index (χ1n) is 6.83. The Bertz CT molecular complexity index is 619. The molecule has 7 nitrogen and oxygen atoms in total. The van der Waals surface area contributed by atoms with Crippen molar-refractivity contribution in [2.75, 3.05) is 39.5 Å². The van der Waals surface area contributed by atoms with Crippen LogP contribution >= 0.6 is 0 Å². The number of fused-ring (bicyclic) bond motifs is 1. The molecular formula is C13H18N2O5S. The highest BCUT2D eigenvalue weighted by Crippen LogP contribution is 2.33. The van der Waals surface area contributed by atoms with Gasteiger partial charge in [-0.3, -0.25) is 0 Å². The minimum atomic E-state index is -3.58. The van der Waals surface area contributed by atoms with Crippen LogP contribution in [-0.2, 0) is 14.8 Å². The number of hydrogen-bond acceptors (Lipinski definition) is 6. The number of benzene rings is 1. The lowest BCUT2D eigenvalue weighted by Crippen LogP contribution is -2.48. The van der Waals surface area contributed by atoms with Crippen LogP contribution in [0.2, 0.25) is 0 Å². The quantitative estimate of drug-likeness (QED) is 0.831. The highest BCUT2D eigenvalue weighted by Gasteiger charge is 2.31. The Hall–Kier alpha value is -1.35. The van der Waals surface area contributed by atoms with Crippen molar-refractivity contribution in [1.29, 1.82) is 0 Å². The number of rotatable bonds is 3. The average molecular weight is 314 g/mol. The maximum absolute atomic E-state index is 12.7. The molecule has 0 spiro atoms. The first-order chi connectivity index (χ1) is 10.1. The smallest absolute Gasteiger partial charge is 0.243 e. The van der Waals surface area contributed by atoms with Gasteiger partial charge in [-0.05, 0) is 12.1 Å². The molecule has 1 fully saturated rings. The Balaban J connectivity index is 1.87. The molecule has 8 heteroatoms. The zero-order chi connectivity index (χ0) is 14.9. The maximum atomic E-state index is 12.7. The first-order valence-corrected chi connectivity index (χ1v) is 8.27. The van der Waals surface area contributed by atoms with Crippen molar-refractivity contribution < 1.29 is 22.6 Å². The number of ether oxygens (including phenoxy) is 3. The second kappa shape index (κ2) is 5.80. The van der Waals surface area contributed by atoms with Gasteiger partial charge in [0.25, 0.3) is 0 Å². The molecule has 2 N–H and O–H groups in total. The van der Waals surface area contributed by atoms with Crippen LogP contribution in [0.3, 0.4) is 0 Å². The summed E-state index contributed by atoms with van der Waals surface area (Å²) in [6.07, 6.45) is -0.259. The molecule has 2 heterocycles. The number of sulfonamides is 1. The fraction of sp³-hybridized carbons (Fsp3) is 0.538. The Kier molecular flexibility index (Phi) is 4.03. The zero-order valence-corrected chi connectivity index (χ0v) is 12.3.